The van der Waals surface area contributed by atoms with Crippen LogP contribution in [0, 0.1) is 19.7 Å². The van der Waals surface area contributed by atoms with Crippen LogP contribution in [0.15, 0.2) is 41.6 Å². The standard InChI is InChI=1S/C8H8F3NO.C8H9F.C2H6/c1-4-3-6(13)12-7(5(4)2)8(9,10)11;1-6-3-4-7(2)8(9)5-6;1-2/h1,3H2,2H3,(H,12,13);3-5H,1-2H3;1-2H3. The van der Waals surface area contributed by atoms with Crippen molar-refractivity contribution in [3.8, 4) is 0 Å². The number of hydrogen-bond donors (Lipinski definition) is 1. The second-order valence-corrected chi connectivity index (χ2v) is 5.08. The predicted molar refractivity (Wildman–Crippen MR) is 87.9 cm³/mol. The van der Waals surface area contributed by atoms with Crippen molar-refractivity contribution in [1.29, 1.82) is 0 Å². The lowest BCUT2D eigenvalue weighted by molar-refractivity contribution is -0.126. The van der Waals surface area contributed by atoms with Crippen LogP contribution in [0.3, 0.4) is 0 Å². The third-order valence-electron chi connectivity index (χ3n) is 3.15. The summed E-state index contributed by atoms with van der Waals surface area (Å²) in [5, 5.41) is 1.79. The molecular weight excluding hydrogens is 322 g/mol. The van der Waals surface area contributed by atoms with E-state index in [2.05, 4.69) is 6.58 Å². The lowest BCUT2D eigenvalue weighted by Gasteiger charge is -2.22. The lowest BCUT2D eigenvalue weighted by Crippen LogP contribution is -2.36. The minimum atomic E-state index is -4.51. The summed E-state index contributed by atoms with van der Waals surface area (Å²) in [4.78, 5) is 10.8. The van der Waals surface area contributed by atoms with Crippen molar-refractivity contribution in [2.45, 2.75) is 47.2 Å². The van der Waals surface area contributed by atoms with E-state index in [4.69, 9.17) is 0 Å². The van der Waals surface area contributed by atoms with E-state index < -0.39 is 17.8 Å². The highest BCUT2D eigenvalue weighted by Crippen LogP contribution is 2.31. The topological polar surface area (TPSA) is 29.1 Å². The van der Waals surface area contributed by atoms with Crippen LogP contribution in [-0.4, -0.2) is 12.1 Å². The second kappa shape index (κ2) is 9.25. The Morgan fingerprint density at radius 3 is 2.08 bits per heavy atom. The number of aryl methyl sites for hydroxylation is 2. The Morgan fingerprint density at radius 1 is 1.12 bits per heavy atom. The van der Waals surface area contributed by atoms with Crippen LogP contribution in [0.1, 0.15) is 38.3 Å². The maximum absolute atomic E-state index is 12.6. The molecule has 0 aliphatic carbocycles. The molecule has 1 aromatic rings. The van der Waals surface area contributed by atoms with Crippen LogP contribution in [0.25, 0.3) is 0 Å². The fourth-order valence-corrected chi connectivity index (χ4v) is 1.76. The van der Waals surface area contributed by atoms with Gasteiger partial charge in [0.1, 0.15) is 11.5 Å². The van der Waals surface area contributed by atoms with Gasteiger partial charge in [0.15, 0.2) is 0 Å². The minimum absolute atomic E-state index is 0.00657. The molecule has 0 fully saturated rings. The average molecular weight is 345 g/mol. The third-order valence-corrected chi connectivity index (χ3v) is 3.15. The zero-order chi connectivity index (χ0) is 19.1. The Labute approximate surface area is 140 Å². The molecule has 6 heteroatoms. The Kier molecular flexibility index (Phi) is 8.44. The van der Waals surface area contributed by atoms with Gasteiger partial charge in [-0.2, -0.15) is 13.2 Å². The number of halogens is 4. The molecule has 0 bridgehead atoms. The lowest BCUT2D eigenvalue weighted by atomic mass is 10.00. The molecule has 134 valence electrons. The van der Waals surface area contributed by atoms with E-state index in [-0.39, 0.29) is 23.4 Å². The number of alkyl halides is 3. The maximum atomic E-state index is 12.6. The summed E-state index contributed by atoms with van der Waals surface area (Å²) in [6, 6.07) is 5.22. The summed E-state index contributed by atoms with van der Waals surface area (Å²) in [6.07, 6.45) is -4.57. The third kappa shape index (κ3) is 6.56. The summed E-state index contributed by atoms with van der Waals surface area (Å²) < 4.78 is 49.3. The van der Waals surface area contributed by atoms with Crippen molar-refractivity contribution in [2.75, 3.05) is 0 Å². The van der Waals surface area contributed by atoms with Gasteiger partial charge in [0.2, 0.25) is 5.91 Å². The van der Waals surface area contributed by atoms with Gasteiger partial charge in [0.05, 0.1) is 6.42 Å². The number of hydrogen-bond acceptors (Lipinski definition) is 1. The molecule has 2 nitrogen and oxygen atoms in total. The van der Waals surface area contributed by atoms with Gasteiger partial charge < -0.3 is 5.32 Å². The fourth-order valence-electron chi connectivity index (χ4n) is 1.76. The zero-order valence-corrected chi connectivity index (χ0v) is 14.6. The van der Waals surface area contributed by atoms with Crippen molar-refractivity contribution in [3.05, 3.63) is 58.6 Å². The summed E-state index contributed by atoms with van der Waals surface area (Å²) in [6.45, 7) is 12.3. The molecule has 2 rings (SSSR count). The van der Waals surface area contributed by atoms with Gasteiger partial charge in [-0.1, -0.05) is 32.6 Å². The van der Waals surface area contributed by atoms with E-state index >= 15 is 0 Å². The number of rotatable bonds is 0. The number of carbonyl (C=O) groups is 1. The largest absolute Gasteiger partial charge is 0.431 e. The Bertz CT molecular complexity index is 630. The molecule has 0 unspecified atom stereocenters. The molecule has 1 aliphatic heterocycles. The maximum Gasteiger partial charge on any atom is 0.431 e. The average Bonchev–Trinajstić information content (AvgIpc) is 2.49. The quantitative estimate of drug-likeness (QED) is 0.630. The highest BCUT2D eigenvalue weighted by atomic mass is 19.4. The van der Waals surface area contributed by atoms with Crippen LogP contribution in [0.5, 0.6) is 0 Å². The van der Waals surface area contributed by atoms with Crippen molar-refractivity contribution in [2.24, 2.45) is 0 Å². The van der Waals surface area contributed by atoms with E-state index in [0.29, 0.717) is 5.56 Å². The second-order valence-electron chi connectivity index (χ2n) is 5.08. The van der Waals surface area contributed by atoms with Crippen LogP contribution >= 0.6 is 0 Å². The molecule has 0 saturated heterocycles. The molecule has 0 atom stereocenters. The number of benzene rings is 1. The van der Waals surface area contributed by atoms with E-state index in [0.717, 1.165) is 5.56 Å². The molecule has 0 radical (unpaired) electrons. The zero-order valence-electron chi connectivity index (χ0n) is 14.6. The summed E-state index contributed by atoms with van der Waals surface area (Å²) in [5.74, 6) is -0.780. The molecule has 1 aromatic carbocycles. The summed E-state index contributed by atoms with van der Waals surface area (Å²) in [5.41, 5.74) is 0.913. The molecule has 1 heterocycles. The minimum Gasteiger partial charge on any atom is -0.321 e. The highest BCUT2D eigenvalue weighted by molar-refractivity contribution is 5.84. The van der Waals surface area contributed by atoms with Gasteiger partial charge in [-0.15, -0.1) is 0 Å². The number of carbonyl (C=O) groups excluding carboxylic acids is 1. The first-order valence-corrected chi connectivity index (χ1v) is 7.51. The van der Waals surface area contributed by atoms with Gasteiger partial charge in [-0.25, -0.2) is 4.39 Å². The van der Waals surface area contributed by atoms with E-state index in [1.165, 1.54) is 13.0 Å². The highest BCUT2D eigenvalue weighted by Gasteiger charge is 2.39. The molecule has 1 N–H and O–H groups in total. The van der Waals surface area contributed by atoms with Crippen LogP contribution in [0.2, 0.25) is 0 Å². The first kappa shape index (κ1) is 21.9. The summed E-state index contributed by atoms with van der Waals surface area (Å²) in [7, 11) is 0. The van der Waals surface area contributed by atoms with E-state index in [1.807, 2.05) is 26.8 Å². The van der Waals surface area contributed by atoms with Crippen molar-refractivity contribution in [3.63, 3.8) is 0 Å². The number of allylic oxidation sites excluding steroid dienone is 2. The van der Waals surface area contributed by atoms with Crippen LogP contribution in [-0.2, 0) is 4.79 Å². The molecular formula is C18H23F4NO. The molecule has 1 aliphatic rings. The Morgan fingerprint density at radius 2 is 1.67 bits per heavy atom. The smallest absolute Gasteiger partial charge is 0.321 e. The van der Waals surface area contributed by atoms with Gasteiger partial charge in [0, 0.05) is 0 Å². The van der Waals surface area contributed by atoms with Crippen LogP contribution in [0.4, 0.5) is 17.6 Å². The first-order chi connectivity index (χ1) is 11.0. The SMILES string of the molecule is C=C1CC(=O)NC(C(F)(F)F)=C1C.CC.Cc1ccc(C)c(F)c1. The van der Waals surface area contributed by atoms with Gasteiger partial charge in [-0.3, -0.25) is 4.79 Å². The monoisotopic (exact) mass is 345 g/mol. The van der Waals surface area contributed by atoms with Gasteiger partial charge >= 0.3 is 6.18 Å². The predicted octanol–water partition coefficient (Wildman–Crippen LogP) is 5.37. The van der Waals surface area contributed by atoms with Gasteiger partial charge in [-0.05, 0) is 49.1 Å². The molecule has 24 heavy (non-hydrogen) atoms. The molecule has 0 spiro atoms. The molecule has 0 aromatic heterocycles. The van der Waals surface area contributed by atoms with E-state index in [1.54, 1.807) is 18.3 Å². The van der Waals surface area contributed by atoms with Crippen molar-refractivity contribution >= 4 is 5.91 Å². The number of nitrogens with one attached hydrogen (secondary N) is 1. The van der Waals surface area contributed by atoms with Crippen LogP contribution < -0.4 is 5.32 Å². The number of amides is 1. The molecule has 1 amide bonds. The van der Waals surface area contributed by atoms with E-state index in [9.17, 15) is 22.4 Å². The normalized spacial score (nSPS) is 14.2. The Hall–Kier alpha value is -2.11. The Balaban J connectivity index is 0.000000420. The van der Waals surface area contributed by atoms with Crippen molar-refractivity contribution in [1.82, 2.24) is 5.32 Å². The van der Waals surface area contributed by atoms with Crippen molar-refractivity contribution < 1.29 is 22.4 Å². The summed E-state index contributed by atoms with van der Waals surface area (Å²) >= 11 is 0. The fraction of sp³-hybridized carbons (Fsp3) is 0.389. The first-order valence-electron chi connectivity index (χ1n) is 7.51. The molecule has 0 saturated carbocycles. The van der Waals surface area contributed by atoms with Gasteiger partial charge in [0.25, 0.3) is 0 Å².